The second-order valence-electron chi connectivity index (χ2n) is 14.5. The Labute approximate surface area is 310 Å². The van der Waals surface area contributed by atoms with E-state index in [0.29, 0.717) is 0 Å². The van der Waals surface area contributed by atoms with Gasteiger partial charge >= 0.3 is 0 Å². The van der Waals surface area contributed by atoms with Gasteiger partial charge in [0.05, 0.1) is 0 Å². The van der Waals surface area contributed by atoms with E-state index in [0.717, 1.165) is 77.3 Å². The Kier molecular flexibility index (Phi) is 6.09. The molecule has 250 valence electrons. The number of furan rings is 2. The molecule has 10 aromatic carbocycles. The topological polar surface area (TPSA) is 26.3 Å². The summed E-state index contributed by atoms with van der Waals surface area (Å²) in [6, 6.07) is 65.8. The third-order valence-electron chi connectivity index (χ3n) is 11.4. The number of fused-ring (bicyclic) bond motifs is 6. The van der Waals surface area contributed by atoms with E-state index in [1.54, 1.807) is 0 Å². The van der Waals surface area contributed by atoms with Crippen molar-refractivity contribution in [3.05, 3.63) is 182 Å². The Morgan fingerprint density at radius 1 is 0.222 bits per heavy atom. The Hall–Kier alpha value is -7.16. The highest BCUT2D eigenvalue weighted by molar-refractivity contribution is 6.23. The van der Waals surface area contributed by atoms with Crippen LogP contribution in [-0.4, -0.2) is 0 Å². The maximum Gasteiger partial charge on any atom is 0.136 e. The molecule has 0 saturated carbocycles. The van der Waals surface area contributed by atoms with Crippen molar-refractivity contribution < 1.29 is 8.83 Å². The van der Waals surface area contributed by atoms with Gasteiger partial charge in [0.1, 0.15) is 22.3 Å². The number of para-hydroxylation sites is 2. The number of rotatable bonds is 4. The van der Waals surface area contributed by atoms with E-state index in [1.165, 1.54) is 43.4 Å². The minimum absolute atomic E-state index is 0.891. The molecule has 2 heteroatoms. The predicted molar refractivity (Wildman–Crippen MR) is 226 cm³/mol. The summed E-state index contributed by atoms with van der Waals surface area (Å²) >= 11 is 0. The van der Waals surface area contributed by atoms with E-state index in [-0.39, 0.29) is 0 Å². The van der Waals surface area contributed by atoms with Gasteiger partial charge in [-0.2, -0.15) is 0 Å². The average molecular weight is 687 g/mol. The van der Waals surface area contributed by atoms with Crippen molar-refractivity contribution in [2.24, 2.45) is 0 Å². The van der Waals surface area contributed by atoms with Gasteiger partial charge in [-0.25, -0.2) is 0 Å². The molecule has 12 aromatic rings. The first-order valence-electron chi connectivity index (χ1n) is 18.5. The second kappa shape index (κ2) is 11.2. The lowest BCUT2D eigenvalue weighted by molar-refractivity contribution is 0.668. The highest BCUT2D eigenvalue weighted by atomic mass is 16.3. The van der Waals surface area contributed by atoms with Crippen LogP contribution in [0.15, 0.2) is 191 Å². The zero-order valence-electron chi connectivity index (χ0n) is 29.1. The molecule has 0 radical (unpaired) electrons. The Balaban J connectivity index is 0.991. The van der Waals surface area contributed by atoms with E-state index in [4.69, 9.17) is 8.83 Å². The van der Waals surface area contributed by atoms with Gasteiger partial charge < -0.3 is 8.83 Å². The van der Waals surface area contributed by atoms with Crippen LogP contribution in [0.4, 0.5) is 0 Å². The van der Waals surface area contributed by atoms with Crippen molar-refractivity contribution in [1.82, 2.24) is 0 Å². The summed E-state index contributed by atoms with van der Waals surface area (Å²) in [5.74, 6) is 0. The summed E-state index contributed by atoms with van der Waals surface area (Å²) in [4.78, 5) is 0. The molecule has 0 fully saturated rings. The van der Waals surface area contributed by atoms with Crippen LogP contribution >= 0.6 is 0 Å². The molecular formula is C52H30O2. The predicted octanol–water partition coefficient (Wildman–Crippen LogP) is 15.1. The summed E-state index contributed by atoms with van der Waals surface area (Å²) < 4.78 is 12.7. The van der Waals surface area contributed by atoms with Crippen LogP contribution in [-0.2, 0) is 0 Å². The zero-order valence-corrected chi connectivity index (χ0v) is 29.1. The molecule has 0 unspecified atom stereocenters. The van der Waals surface area contributed by atoms with Gasteiger partial charge in [-0.1, -0.05) is 115 Å². The maximum absolute atomic E-state index is 6.33. The molecule has 2 aromatic heterocycles. The first-order chi connectivity index (χ1) is 26.7. The summed E-state index contributed by atoms with van der Waals surface area (Å²) in [7, 11) is 0. The largest absolute Gasteiger partial charge is 0.456 e. The fraction of sp³-hybridized carbons (Fsp3) is 0. The molecule has 0 bridgehead atoms. The van der Waals surface area contributed by atoms with Gasteiger partial charge in [-0.15, -0.1) is 0 Å². The van der Waals surface area contributed by atoms with Crippen LogP contribution < -0.4 is 0 Å². The van der Waals surface area contributed by atoms with Gasteiger partial charge in [0, 0.05) is 21.5 Å². The smallest absolute Gasteiger partial charge is 0.136 e. The molecule has 0 atom stereocenters. The average Bonchev–Trinajstić information content (AvgIpc) is 3.80. The minimum atomic E-state index is 0.891. The molecule has 12 rings (SSSR count). The van der Waals surface area contributed by atoms with Crippen LogP contribution in [0.25, 0.3) is 121 Å². The lowest BCUT2D eigenvalue weighted by atomic mass is 9.90. The summed E-state index contributed by atoms with van der Waals surface area (Å²) in [5.41, 5.74) is 12.8. The molecule has 0 spiro atoms. The Morgan fingerprint density at radius 2 is 0.611 bits per heavy atom. The van der Waals surface area contributed by atoms with Crippen LogP contribution in [0.5, 0.6) is 0 Å². The SMILES string of the molecule is c1cc2ccc3cc(-c4ccc(-c5cc(-c6ccc7c(c6)oc6ccccc67)cc(-c6ccc7c(c6)oc6ccccc67)c5)cc4)cc4ccc(c1)c2c34. The van der Waals surface area contributed by atoms with E-state index in [9.17, 15) is 0 Å². The monoisotopic (exact) mass is 686 g/mol. The standard InChI is InChI=1S/C52H30O2/c1-3-10-47-43(8-1)45-22-20-35(29-49(45)53-47)41-26-40(27-42(28-41)36-21-23-46-44-9-2-4-11-48(44)54-50(46)30-36)32-14-12-31(13-15-32)39-24-37-18-16-33-6-5-7-34-17-19-38(25-39)52(37)51(33)34/h1-30H. The first kappa shape index (κ1) is 29.4. The van der Waals surface area contributed by atoms with Gasteiger partial charge in [0.25, 0.3) is 0 Å². The molecule has 0 aliphatic carbocycles. The van der Waals surface area contributed by atoms with Crippen molar-refractivity contribution in [2.45, 2.75) is 0 Å². The molecular weight excluding hydrogens is 657 g/mol. The molecule has 0 N–H and O–H groups in total. The molecule has 0 aliphatic rings. The third kappa shape index (κ3) is 4.47. The Morgan fingerprint density at radius 3 is 1.13 bits per heavy atom. The van der Waals surface area contributed by atoms with Crippen molar-refractivity contribution in [2.75, 3.05) is 0 Å². The molecule has 54 heavy (non-hydrogen) atoms. The van der Waals surface area contributed by atoms with Crippen LogP contribution in [0, 0.1) is 0 Å². The maximum atomic E-state index is 6.33. The van der Waals surface area contributed by atoms with Crippen LogP contribution in [0.1, 0.15) is 0 Å². The second-order valence-corrected chi connectivity index (χ2v) is 14.5. The van der Waals surface area contributed by atoms with E-state index < -0.39 is 0 Å². The van der Waals surface area contributed by atoms with Gasteiger partial charge in [0.2, 0.25) is 0 Å². The third-order valence-corrected chi connectivity index (χ3v) is 11.4. The summed E-state index contributed by atoms with van der Waals surface area (Å²) in [6.07, 6.45) is 0. The minimum Gasteiger partial charge on any atom is -0.456 e. The highest BCUT2D eigenvalue weighted by Gasteiger charge is 2.15. The number of hydrogen-bond donors (Lipinski definition) is 0. The van der Waals surface area contributed by atoms with E-state index >= 15 is 0 Å². The fourth-order valence-electron chi connectivity index (χ4n) is 8.71. The fourth-order valence-corrected chi connectivity index (χ4v) is 8.71. The van der Waals surface area contributed by atoms with Crippen molar-refractivity contribution >= 4 is 76.2 Å². The highest BCUT2D eigenvalue weighted by Crippen LogP contribution is 2.40. The lowest BCUT2D eigenvalue weighted by Gasteiger charge is -2.14. The van der Waals surface area contributed by atoms with Gasteiger partial charge in [-0.05, 0) is 144 Å². The van der Waals surface area contributed by atoms with E-state index in [2.05, 4.69) is 158 Å². The van der Waals surface area contributed by atoms with Crippen molar-refractivity contribution in [1.29, 1.82) is 0 Å². The molecule has 2 nitrogen and oxygen atoms in total. The normalized spacial score (nSPS) is 12.1. The first-order valence-corrected chi connectivity index (χ1v) is 18.5. The molecule has 0 amide bonds. The van der Waals surface area contributed by atoms with Crippen molar-refractivity contribution in [3.8, 4) is 44.5 Å². The van der Waals surface area contributed by atoms with Crippen molar-refractivity contribution in [3.63, 3.8) is 0 Å². The number of benzene rings is 10. The molecule has 2 heterocycles. The lowest BCUT2D eigenvalue weighted by Crippen LogP contribution is -1.88. The van der Waals surface area contributed by atoms with Gasteiger partial charge in [-0.3, -0.25) is 0 Å². The van der Waals surface area contributed by atoms with Crippen LogP contribution in [0.2, 0.25) is 0 Å². The number of hydrogen-bond acceptors (Lipinski definition) is 2. The quantitative estimate of drug-likeness (QED) is 0.172. The van der Waals surface area contributed by atoms with E-state index in [1.807, 2.05) is 24.3 Å². The zero-order chi connectivity index (χ0) is 35.3. The summed E-state index contributed by atoms with van der Waals surface area (Å²) in [6.45, 7) is 0. The summed E-state index contributed by atoms with van der Waals surface area (Å²) in [5, 5.41) is 12.4. The molecule has 0 aliphatic heterocycles. The molecule has 0 saturated heterocycles. The van der Waals surface area contributed by atoms with Gasteiger partial charge in [0.15, 0.2) is 0 Å². The van der Waals surface area contributed by atoms with Crippen LogP contribution in [0.3, 0.4) is 0 Å². The Bertz CT molecular complexity index is 3240.